The largest absolute Gasteiger partial charge is 0.453 e. The van der Waals surface area contributed by atoms with Crippen LogP contribution in [0.1, 0.15) is 13.8 Å². The van der Waals surface area contributed by atoms with E-state index in [4.69, 9.17) is 4.74 Å². The van der Waals surface area contributed by atoms with E-state index >= 15 is 0 Å². The highest BCUT2D eigenvalue weighted by Crippen LogP contribution is 2.06. The maximum absolute atomic E-state index is 11.5. The number of piperazine rings is 1. The van der Waals surface area contributed by atoms with Gasteiger partial charge in [-0.25, -0.2) is 9.59 Å². The highest BCUT2D eigenvalue weighted by Gasteiger charge is 2.25. The fourth-order valence-corrected chi connectivity index (χ4v) is 1.48. The topological polar surface area (TPSA) is 59.1 Å². The Morgan fingerprint density at radius 2 is 1.44 bits per heavy atom. The van der Waals surface area contributed by atoms with Crippen LogP contribution < -0.4 is 0 Å². The third-order valence-corrected chi connectivity index (χ3v) is 2.31. The number of methoxy groups -OCH3 is 1. The number of hydrogen-bond acceptors (Lipinski definition) is 4. The minimum atomic E-state index is -0.350. The van der Waals surface area contributed by atoms with E-state index in [1.165, 1.54) is 7.11 Å². The van der Waals surface area contributed by atoms with Crippen molar-refractivity contribution in [3.05, 3.63) is 0 Å². The van der Waals surface area contributed by atoms with Crippen LogP contribution in [0.15, 0.2) is 0 Å². The molecule has 0 aromatic rings. The molecule has 0 spiro atoms. The van der Waals surface area contributed by atoms with Gasteiger partial charge in [0.15, 0.2) is 0 Å². The Labute approximate surface area is 95.1 Å². The molecule has 1 aliphatic heterocycles. The lowest BCUT2D eigenvalue weighted by molar-refractivity contribution is 0.0530. The molecule has 0 saturated carbocycles. The number of rotatable bonds is 1. The predicted octanol–water partition coefficient (Wildman–Crippen LogP) is 0.915. The lowest BCUT2D eigenvalue weighted by Crippen LogP contribution is -2.51. The van der Waals surface area contributed by atoms with E-state index in [9.17, 15) is 9.59 Å². The first-order chi connectivity index (χ1) is 7.54. The van der Waals surface area contributed by atoms with Crippen LogP contribution >= 0.6 is 0 Å². The highest BCUT2D eigenvalue weighted by atomic mass is 16.6. The fraction of sp³-hybridized carbons (Fsp3) is 0.800. The Morgan fingerprint density at radius 3 is 1.81 bits per heavy atom. The predicted molar refractivity (Wildman–Crippen MR) is 57.2 cm³/mol. The van der Waals surface area contributed by atoms with Gasteiger partial charge in [0, 0.05) is 26.2 Å². The maximum atomic E-state index is 11.5. The summed E-state index contributed by atoms with van der Waals surface area (Å²) >= 11 is 0. The molecule has 6 heteroatoms. The van der Waals surface area contributed by atoms with Gasteiger partial charge in [-0.05, 0) is 13.8 Å². The van der Waals surface area contributed by atoms with Crippen LogP contribution in [-0.2, 0) is 9.47 Å². The molecular weight excluding hydrogens is 212 g/mol. The molecule has 6 nitrogen and oxygen atoms in total. The van der Waals surface area contributed by atoms with Gasteiger partial charge in [0.1, 0.15) is 0 Å². The Balaban J connectivity index is 2.37. The highest BCUT2D eigenvalue weighted by molar-refractivity contribution is 5.70. The van der Waals surface area contributed by atoms with E-state index in [-0.39, 0.29) is 18.3 Å². The molecule has 1 rings (SSSR count). The van der Waals surface area contributed by atoms with E-state index in [1.807, 2.05) is 13.8 Å². The van der Waals surface area contributed by atoms with E-state index in [0.29, 0.717) is 26.2 Å². The van der Waals surface area contributed by atoms with Gasteiger partial charge in [0.2, 0.25) is 0 Å². The standard InChI is InChI=1S/C10H18N2O4/c1-8(2)16-10(14)12-6-4-11(5-7-12)9(13)15-3/h8H,4-7H2,1-3H3. The van der Waals surface area contributed by atoms with Gasteiger partial charge in [-0.1, -0.05) is 0 Å². The lowest BCUT2D eigenvalue weighted by atomic mass is 10.3. The second-order valence-corrected chi connectivity index (χ2v) is 3.88. The van der Waals surface area contributed by atoms with Gasteiger partial charge in [-0.2, -0.15) is 0 Å². The number of carbonyl (C=O) groups excluding carboxylic acids is 2. The Bertz CT molecular complexity index is 260. The summed E-state index contributed by atoms with van der Waals surface area (Å²) in [6.07, 6.45) is -0.789. The SMILES string of the molecule is COC(=O)N1CCN(C(=O)OC(C)C)CC1. The Kier molecular flexibility index (Phi) is 4.39. The normalized spacial score (nSPS) is 16.2. The molecule has 0 atom stereocenters. The zero-order chi connectivity index (χ0) is 12.1. The molecule has 0 aromatic carbocycles. The lowest BCUT2D eigenvalue weighted by Gasteiger charge is -2.33. The van der Waals surface area contributed by atoms with Crippen molar-refractivity contribution in [2.45, 2.75) is 20.0 Å². The molecule has 1 heterocycles. The van der Waals surface area contributed by atoms with Crippen LogP contribution in [0.2, 0.25) is 0 Å². The second kappa shape index (κ2) is 5.58. The van der Waals surface area contributed by atoms with Gasteiger partial charge in [0.25, 0.3) is 0 Å². The van der Waals surface area contributed by atoms with Gasteiger partial charge < -0.3 is 19.3 Å². The second-order valence-electron chi connectivity index (χ2n) is 3.88. The first-order valence-electron chi connectivity index (χ1n) is 5.33. The summed E-state index contributed by atoms with van der Waals surface area (Å²) in [6, 6.07) is 0. The van der Waals surface area contributed by atoms with E-state index in [2.05, 4.69) is 4.74 Å². The van der Waals surface area contributed by atoms with Crippen LogP contribution in [0.5, 0.6) is 0 Å². The average Bonchev–Trinajstić information content (AvgIpc) is 2.27. The van der Waals surface area contributed by atoms with Crippen molar-refractivity contribution >= 4 is 12.2 Å². The molecule has 0 aliphatic carbocycles. The quantitative estimate of drug-likeness (QED) is 0.672. The molecule has 0 N–H and O–H groups in total. The summed E-state index contributed by atoms with van der Waals surface area (Å²) in [5, 5.41) is 0. The third-order valence-electron chi connectivity index (χ3n) is 2.31. The summed E-state index contributed by atoms with van der Waals surface area (Å²) in [4.78, 5) is 25.9. The number of amides is 2. The molecule has 0 radical (unpaired) electrons. The van der Waals surface area contributed by atoms with Crippen molar-refractivity contribution in [1.29, 1.82) is 0 Å². The Hall–Kier alpha value is -1.46. The molecule has 1 saturated heterocycles. The molecule has 16 heavy (non-hydrogen) atoms. The monoisotopic (exact) mass is 230 g/mol. The number of ether oxygens (including phenoxy) is 2. The van der Waals surface area contributed by atoms with Crippen LogP contribution in [0.4, 0.5) is 9.59 Å². The van der Waals surface area contributed by atoms with Crippen LogP contribution in [0.25, 0.3) is 0 Å². The summed E-state index contributed by atoms with van der Waals surface area (Å²) < 4.78 is 9.67. The summed E-state index contributed by atoms with van der Waals surface area (Å²) in [5.41, 5.74) is 0. The van der Waals surface area contributed by atoms with Gasteiger partial charge >= 0.3 is 12.2 Å². The number of nitrogens with zero attached hydrogens (tertiary/aromatic N) is 2. The Morgan fingerprint density at radius 1 is 1.00 bits per heavy atom. The molecule has 0 unspecified atom stereocenters. The molecule has 0 bridgehead atoms. The van der Waals surface area contributed by atoms with Crippen molar-refractivity contribution < 1.29 is 19.1 Å². The van der Waals surface area contributed by atoms with Crippen molar-refractivity contribution in [2.75, 3.05) is 33.3 Å². The molecule has 1 aliphatic rings. The van der Waals surface area contributed by atoms with Crippen molar-refractivity contribution in [3.63, 3.8) is 0 Å². The molecule has 0 aromatic heterocycles. The van der Waals surface area contributed by atoms with E-state index < -0.39 is 0 Å². The average molecular weight is 230 g/mol. The van der Waals surface area contributed by atoms with Crippen molar-refractivity contribution in [3.8, 4) is 0 Å². The zero-order valence-corrected chi connectivity index (χ0v) is 9.93. The third kappa shape index (κ3) is 3.29. The summed E-state index contributed by atoms with van der Waals surface area (Å²) in [6.45, 7) is 5.56. The first-order valence-corrected chi connectivity index (χ1v) is 5.33. The van der Waals surface area contributed by atoms with Crippen LogP contribution in [0.3, 0.4) is 0 Å². The van der Waals surface area contributed by atoms with Gasteiger partial charge in [-0.3, -0.25) is 0 Å². The van der Waals surface area contributed by atoms with E-state index in [1.54, 1.807) is 9.80 Å². The minimum Gasteiger partial charge on any atom is -0.453 e. The maximum Gasteiger partial charge on any atom is 0.410 e. The van der Waals surface area contributed by atoms with Gasteiger partial charge in [0.05, 0.1) is 13.2 Å². The fourth-order valence-electron chi connectivity index (χ4n) is 1.48. The molecule has 1 fully saturated rings. The number of carbonyl (C=O) groups is 2. The molecule has 92 valence electrons. The van der Waals surface area contributed by atoms with Crippen LogP contribution in [-0.4, -0.2) is 61.4 Å². The van der Waals surface area contributed by atoms with E-state index in [0.717, 1.165) is 0 Å². The zero-order valence-electron chi connectivity index (χ0n) is 9.93. The molecular formula is C10H18N2O4. The van der Waals surface area contributed by atoms with Gasteiger partial charge in [-0.15, -0.1) is 0 Å². The van der Waals surface area contributed by atoms with Crippen molar-refractivity contribution in [2.24, 2.45) is 0 Å². The summed E-state index contributed by atoms with van der Waals surface area (Å²) in [5.74, 6) is 0. The smallest absolute Gasteiger partial charge is 0.410 e. The first kappa shape index (κ1) is 12.6. The summed E-state index contributed by atoms with van der Waals surface area (Å²) in [7, 11) is 1.35. The number of hydrogen-bond donors (Lipinski definition) is 0. The van der Waals surface area contributed by atoms with Crippen LogP contribution in [0, 0.1) is 0 Å². The minimum absolute atomic E-state index is 0.119. The van der Waals surface area contributed by atoms with Crippen molar-refractivity contribution in [1.82, 2.24) is 9.80 Å². The molecule has 2 amide bonds.